The van der Waals surface area contributed by atoms with E-state index in [2.05, 4.69) is 12.2 Å². The van der Waals surface area contributed by atoms with Crippen LogP contribution in [0.3, 0.4) is 0 Å². The molecule has 2 nitrogen and oxygen atoms in total. The van der Waals surface area contributed by atoms with Gasteiger partial charge in [-0.1, -0.05) is 20.8 Å². The summed E-state index contributed by atoms with van der Waals surface area (Å²) in [6.07, 6.45) is 1.14. The normalized spacial score (nSPS) is 31.3. The van der Waals surface area contributed by atoms with E-state index in [1.807, 2.05) is 13.8 Å². The fourth-order valence-electron chi connectivity index (χ4n) is 1.57. The standard InChI is InChI=1S/C9H17NO/c1-6(2)9(11)8-7(3)4-5-10-8/h6-8,10H,4-5H2,1-3H3. The Morgan fingerprint density at radius 2 is 2.18 bits per heavy atom. The fourth-order valence-corrected chi connectivity index (χ4v) is 1.57. The van der Waals surface area contributed by atoms with Crippen LogP contribution in [-0.2, 0) is 4.79 Å². The van der Waals surface area contributed by atoms with Crippen LogP contribution in [0.4, 0.5) is 0 Å². The van der Waals surface area contributed by atoms with Gasteiger partial charge in [-0.15, -0.1) is 0 Å². The molecule has 11 heavy (non-hydrogen) atoms. The van der Waals surface area contributed by atoms with E-state index in [0.717, 1.165) is 13.0 Å². The lowest BCUT2D eigenvalue weighted by atomic mass is 9.93. The second-order valence-corrected chi connectivity index (χ2v) is 3.75. The van der Waals surface area contributed by atoms with Crippen LogP contribution in [0.25, 0.3) is 0 Å². The van der Waals surface area contributed by atoms with Crippen molar-refractivity contribution >= 4 is 5.78 Å². The minimum absolute atomic E-state index is 0.134. The summed E-state index contributed by atoms with van der Waals surface area (Å²) in [6, 6.07) is 0.134. The van der Waals surface area contributed by atoms with Crippen molar-refractivity contribution in [2.75, 3.05) is 6.54 Å². The largest absolute Gasteiger partial charge is 0.307 e. The molecule has 64 valence electrons. The van der Waals surface area contributed by atoms with Crippen molar-refractivity contribution in [1.82, 2.24) is 5.32 Å². The first-order valence-electron chi connectivity index (χ1n) is 4.40. The first-order valence-corrected chi connectivity index (χ1v) is 4.40. The van der Waals surface area contributed by atoms with Gasteiger partial charge in [0.1, 0.15) is 0 Å². The number of hydrogen-bond acceptors (Lipinski definition) is 2. The molecule has 1 N–H and O–H groups in total. The highest BCUT2D eigenvalue weighted by atomic mass is 16.1. The maximum absolute atomic E-state index is 11.5. The molecule has 0 amide bonds. The molecule has 1 fully saturated rings. The van der Waals surface area contributed by atoms with Crippen molar-refractivity contribution < 1.29 is 4.79 Å². The van der Waals surface area contributed by atoms with Gasteiger partial charge in [0.05, 0.1) is 6.04 Å². The molecule has 0 saturated carbocycles. The average Bonchev–Trinajstić information content (AvgIpc) is 2.33. The predicted molar refractivity (Wildman–Crippen MR) is 45.4 cm³/mol. The minimum Gasteiger partial charge on any atom is -0.307 e. The number of ketones is 1. The Bertz CT molecular complexity index is 154. The van der Waals surface area contributed by atoms with Gasteiger partial charge in [-0.2, -0.15) is 0 Å². The Labute approximate surface area is 68.4 Å². The van der Waals surface area contributed by atoms with E-state index < -0.39 is 0 Å². The third kappa shape index (κ3) is 1.80. The number of hydrogen-bond donors (Lipinski definition) is 1. The molecular weight excluding hydrogens is 138 g/mol. The number of carbonyl (C=O) groups is 1. The Balaban J connectivity index is 2.53. The minimum atomic E-state index is 0.134. The van der Waals surface area contributed by atoms with Crippen LogP contribution in [-0.4, -0.2) is 18.4 Å². The Kier molecular flexibility index (Phi) is 2.66. The van der Waals surface area contributed by atoms with Crippen LogP contribution in [0, 0.1) is 11.8 Å². The molecule has 1 aliphatic heterocycles. The van der Waals surface area contributed by atoms with Crippen molar-refractivity contribution in [3.05, 3.63) is 0 Å². The summed E-state index contributed by atoms with van der Waals surface area (Å²) in [5.74, 6) is 1.08. The van der Waals surface area contributed by atoms with Crippen molar-refractivity contribution in [2.24, 2.45) is 11.8 Å². The quantitative estimate of drug-likeness (QED) is 0.649. The van der Waals surface area contributed by atoms with Gasteiger partial charge >= 0.3 is 0 Å². The van der Waals surface area contributed by atoms with Crippen LogP contribution >= 0.6 is 0 Å². The van der Waals surface area contributed by atoms with Crippen LogP contribution in [0.15, 0.2) is 0 Å². The number of carbonyl (C=O) groups excluding carboxylic acids is 1. The highest BCUT2D eigenvalue weighted by molar-refractivity contribution is 5.86. The van der Waals surface area contributed by atoms with Crippen LogP contribution in [0.5, 0.6) is 0 Å². The number of nitrogens with one attached hydrogen (secondary N) is 1. The lowest BCUT2D eigenvalue weighted by Gasteiger charge is -2.16. The Hall–Kier alpha value is -0.370. The van der Waals surface area contributed by atoms with Gasteiger partial charge < -0.3 is 5.32 Å². The monoisotopic (exact) mass is 155 g/mol. The lowest BCUT2D eigenvalue weighted by molar-refractivity contribution is -0.124. The number of rotatable bonds is 2. The van der Waals surface area contributed by atoms with E-state index >= 15 is 0 Å². The second-order valence-electron chi connectivity index (χ2n) is 3.75. The third-order valence-electron chi connectivity index (χ3n) is 2.41. The van der Waals surface area contributed by atoms with Crippen LogP contribution in [0.2, 0.25) is 0 Å². The summed E-state index contributed by atoms with van der Waals surface area (Å²) in [4.78, 5) is 11.5. The maximum atomic E-state index is 11.5. The van der Waals surface area contributed by atoms with Gasteiger partial charge in [-0.25, -0.2) is 0 Å². The molecule has 0 aromatic rings. The zero-order valence-corrected chi connectivity index (χ0v) is 7.55. The van der Waals surface area contributed by atoms with E-state index in [1.54, 1.807) is 0 Å². The zero-order valence-electron chi connectivity index (χ0n) is 7.55. The summed E-state index contributed by atoms with van der Waals surface area (Å²) >= 11 is 0. The molecule has 0 spiro atoms. The Morgan fingerprint density at radius 3 is 2.55 bits per heavy atom. The molecule has 2 atom stereocenters. The first-order chi connectivity index (χ1) is 5.13. The molecule has 2 unspecified atom stereocenters. The number of Topliss-reactive ketones (excluding diaryl/α,β-unsaturated/α-hetero) is 1. The molecule has 1 aliphatic rings. The average molecular weight is 155 g/mol. The van der Waals surface area contributed by atoms with Gasteiger partial charge in [-0.05, 0) is 18.9 Å². The predicted octanol–water partition coefficient (Wildman–Crippen LogP) is 1.21. The summed E-state index contributed by atoms with van der Waals surface area (Å²) in [7, 11) is 0. The van der Waals surface area contributed by atoms with Crippen LogP contribution < -0.4 is 5.32 Å². The molecule has 1 heterocycles. The molecule has 1 rings (SSSR count). The fraction of sp³-hybridized carbons (Fsp3) is 0.889. The molecule has 1 saturated heterocycles. The van der Waals surface area contributed by atoms with Gasteiger partial charge in [0, 0.05) is 5.92 Å². The lowest BCUT2D eigenvalue weighted by Crippen LogP contribution is -2.37. The summed E-state index contributed by atoms with van der Waals surface area (Å²) in [5.41, 5.74) is 0. The van der Waals surface area contributed by atoms with Gasteiger partial charge in [-0.3, -0.25) is 4.79 Å². The second kappa shape index (κ2) is 3.35. The molecule has 0 aromatic carbocycles. The Morgan fingerprint density at radius 1 is 1.55 bits per heavy atom. The van der Waals surface area contributed by atoms with Crippen molar-refractivity contribution in [2.45, 2.75) is 33.2 Å². The topological polar surface area (TPSA) is 29.1 Å². The van der Waals surface area contributed by atoms with Gasteiger partial charge in [0.15, 0.2) is 5.78 Å². The molecule has 0 aliphatic carbocycles. The van der Waals surface area contributed by atoms with Crippen LogP contribution in [0.1, 0.15) is 27.2 Å². The highest BCUT2D eigenvalue weighted by Crippen LogP contribution is 2.17. The molecule has 0 bridgehead atoms. The van der Waals surface area contributed by atoms with Gasteiger partial charge in [0.25, 0.3) is 0 Å². The van der Waals surface area contributed by atoms with Crippen molar-refractivity contribution in [3.63, 3.8) is 0 Å². The highest BCUT2D eigenvalue weighted by Gasteiger charge is 2.30. The maximum Gasteiger partial charge on any atom is 0.152 e. The van der Waals surface area contributed by atoms with E-state index in [4.69, 9.17) is 0 Å². The van der Waals surface area contributed by atoms with E-state index in [0.29, 0.717) is 11.7 Å². The smallest absolute Gasteiger partial charge is 0.152 e. The van der Waals surface area contributed by atoms with Gasteiger partial charge in [0.2, 0.25) is 0 Å². The molecule has 2 heteroatoms. The molecular formula is C9H17NO. The third-order valence-corrected chi connectivity index (χ3v) is 2.41. The van der Waals surface area contributed by atoms with E-state index in [-0.39, 0.29) is 12.0 Å². The molecule has 0 radical (unpaired) electrons. The molecule has 0 aromatic heterocycles. The SMILES string of the molecule is CC(C)C(=O)C1NCCC1C. The first kappa shape index (κ1) is 8.72. The summed E-state index contributed by atoms with van der Waals surface area (Å²) in [5, 5.41) is 3.24. The van der Waals surface area contributed by atoms with E-state index in [9.17, 15) is 4.79 Å². The zero-order chi connectivity index (χ0) is 8.43. The summed E-state index contributed by atoms with van der Waals surface area (Å²) in [6.45, 7) is 7.08. The summed E-state index contributed by atoms with van der Waals surface area (Å²) < 4.78 is 0. The van der Waals surface area contributed by atoms with E-state index in [1.165, 1.54) is 0 Å². The van der Waals surface area contributed by atoms with Crippen molar-refractivity contribution in [3.8, 4) is 0 Å². The van der Waals surface area contributed by atoms with Crippen molar-refractivity contribution in [1.29, 1.82) is 0 Å².